The number of hydrogen-bond acceptors (Lipinski definition) is 5. The molecule has 0 fully saturated rings. The van der Waals surface area contributed by atoms with Crippen LogP contribution in [0.3, 0.4) is 0 Å². The van der Waals surface area contributed by atoms with E-state index in [0.29, 0.717) is 17.0 Å². The molecule has 2 aromatic rings. The number of nitrogens with zero attached hydrogens (tertiary/aromatic N) is 3. The van der Waals surface area contributed by atoms with Gasteiger partial charge < -0.3 is 5.32 Å². The van der Waals surface area contributed by atoms with Crippen LogP contribution in [0.25, 0.3) is 0 Å². The number of fused-ring (bicyclic) bond motifs is 1. The van der Waals surface area contributed by atoms with Gasteiger partial charge in [-0.05, 0) is 35.4 Å². The van der Waals surface area contributed by atoms with Gasteiger partial charge >= 0.3 is 0 Å². The van der Waals surface area contributed by atoms with Crippen molar-refractivity contribution in [3.05, 3.63) is 52.9 Å². The number of benzene rings is 1. The highest BCUT2D eigenvalue weighted by molar-refractivity contribution is 7.14. The molecule has 1 aromatic heterocycles. The molecule has 2 heterocycles. The molecule has 0 saturated heterocycles. The fourth-order valence-corrected chi connectivity index (χ4v) is 4.33. The van der Waals surface area contributed by atoms with Crippen LogP contribution < -0.4 is 10.2 Å². The Labute approximate surface area is 180 Å². The summed E-state index contributed by atoms with van der Waals surface area (Å²) in [6.45, 7) is 5.45. The molecule has 7 nitrogen and oxygen atoms in total. The predicted molar refractivity (Wildman–Crippen MR) is 118 cm³/mol. The van der Waals surface area contributed by atoms with Gasteiger partial charge in [0.05, 0.1) is 11.2 Å². The highest BCUT2D eigenvalue weighted by atomic mass is 32.1. The van der Waals surface area contributed by atoms with Gasteiger partial charge in [0, 0.05) is 19.5 Å². The van der Waals surface area contributed by atoms with Crippen LogP contribution >= 0.6 is 11.3 Å². The number of hydrogen-bond donors (Lipinski definition) is 1. The summed E-state index contributed by atoms with van der Waals surface area (Å²) in [7, 11) is 1.56. The average molecular weight is 427 g/mol. The van der Waals surface area contributed by atoms with Gasteiger partial charge in [0.2, 0.25) is 11.8 Å². The quantitative estimate of drug-likeness (QED) is 0.770. The molecule has 0 saturated carbocycles. The fourth-order valence-electron chi connectivity index (χ4n) is 3.51. The minimum atomic E-state index is -0.881. The Kier molecular flexibility index (Phi) is 6.66. The second-order valence-electron chi connectivity index (χ2n) is 7.66. The van der Waals surface area contributed by atoms with E-state index in [4.69, 9.17) is 0 Å². The first-order valence-electron chi connectivity index (χ1n) is 9.83. The first-order chi connectivity index (χ1) is 14.3. The molecule has 1 unspecified atom stereocenters. The van der Waals surface area contributed by atoms with Crippen LogP contribution in [-0.2, 0) is 14.4 Å². The lowest BCUT2D eigenvalue weighted by atomic mass is 9.98. The van der Waals surface area contributed by atoms with E-state index in [-0.39, 0.29) is 23.6 Å². The molecule has 0 spiro atoms. The van der Waals surface area contributed by atoms with Crippen molar-refractivity contribution in [1.82, 2.24) is 10.3 Å². The Hall–Kier alpha value is -3.00. The Balaban J connectivity index is 1.96. The standard InChI is InChI=1S/C22H26N4O3S/c1-14(2)12-18(26(15(3)27)19-10-7-11-30-19)21(28)24-20-17-9-6-5-8-16(17)13-23-25(4)22(20)29/h5-11,13-14,18,20H,12H2,1-4H3,(H,24,28)/t18-,20?/m0/s1. The third-order valence-electron chi connectivity index (χ3n) is 4.92. The number of rotatable bonds is 6. The van der Waals surface area contributed by atoms with Crippen LogP contribution in [-0.4, -0.2) is 42.0 Å². The fraction of sp³-hybridized carbons (Fsp3) is 0.364. The molecule has 1 aliphatic rings. The number of nitrogens with one attached hydrogen (secondary N) is 1. The van der Waals surface area contributed by atoms with Crippen molar-refractivity contribution < 1.29 is 14.4 Å². The summed E-state index contributed by atoms with van der Waals surface area (Å²) < 4.78 is 0. The maximum atomic E-state index is 13.5. The van der Waals surface area contributed by atoms with E-state index in [0.717, 1.165) is 5.56 Å². The lowest BCUT2D eigenvalue weighted by Gasteiger charge is -2.31. The van der Waals surface area contributed by atoms with Gasteiger partial charge in [-0.15, -0.1) is 11.3 Å². The molecule has 0 bridgehead atoms. The Morgan fingerprint density at radius 2 is 1.97 bits per heavy atom. The molecule has 1 N–H and O–H groups in total. The minimum Gasteiger partial charge on any atom is -0.339 e. The van der Waals surface area contributed by atoms with Crippen LogP contribution in [0.4, 0.5) is 5.00 Å². The lowest BCUT2D eigenvalue weighted by molar-refractivity contribution is -0.136. The summed E-state index contributed by atoms with van der Waals surface area (Å²) in [6.07, 6.45) is 2.08. The highest BCUT2D eigenvalue weighted by Crippen LogP contribution is 2.28. The molecule has 1 aliphatic heterocycles. The second kappa shape index (κ2) is 9.21. The Morgan fingerprint density at radius 1 is 1.23 bits per heavy atom. The van der Waals surface area contributed by atoms with E-state index in [2.05, 4.69) is 10.4 Å². The third-order valence-corrected chi connectivity index (χ3v) is 5.79. The topological polar surface area (TPSA) is 82.1 Å². The van der Waals surface area contributed by atoms with Crippen LogP contribution in [0, 0.1) is 5.92 Å². The highest BCUT2D eigenvalue weighted by Gasteiger charge is 2.35. The summed E-state index contributed by atoms with van der Waals surface area (Å²) in [5, 5.41) is 10.8. The van der Waals surface area contributed by atoms with Gasteiger partial charge in [-0.1, -0.05) is 38.1 Å². The summed E-state index contributed by atoms with van der Waals surface area (Å²) >= 11 is 1.40. The predicted octanol–water partition coefficient (Wildman–Crippen LogP) is 3.18. The van der Waals surface area contributed by atoms with Gasteiger partial charge in [0.15, 0.2) is 0 Å². The molecule has 0 aliphatic carbocycles. The number of hydrazone groups is 1. The van der Waals surface area contributed by atoms with Crippen molar-refractivity contribution in [1.29, 1.82) is 0 Å². The molecule has 30 heavy (non-hydrogen) atoms. The maximum Gasteiger partial charge on any atom is 0.269 e. The normalized spacial score (nSPS) is 16.8. The number of amides is 3. The smallest absolute Gasteiger partial charge is 0.269 e. The van der Waals surface area contributed by atoms with Crippen molar-refractivity contribution in [2.24, 2.45) is 11.0 Å². The second-order valence-corrected chi connectivity index (χ2v) is 8.59. The number of carbonyl (C=O) groups is 3. The van der Waals surface area contributed by atoms with Gasteiger partial charge in [-0.2, -0.15) is 5.10 Å². The van der Waals surface area contributed by atoms with Crippen LogP contribution in [0.1, 0.15) is 44.4 Å². The zero-order chi connectivity index (χ0) is 21.8. The number of anilines is 1. The van der Waals surface area contributed by atoms with Crippen LogP contribution in [0.5, 0.6) is 0 Å². The first-order valence-corrected chi connectivity index (χ1v) is 10.7. The lowest BCUT2D eigenvalue weighted by Crippen LogP contribution is -2.52. The van der Waals surface area contributed by atoms with E-state index < -0.39 is 12.1 Å². The molecule has 2 atom stereocenters. The largest absolute Gasteiger partial charge is 0.339 e. The van der Waals surface area contributed by atoms with Gasteiger partial charge in [-0.25, -0.2) is 5.01 Å². The average Bonchev–Trinajstić information content (AvgIpc) is 3.19. The Bertz CT molecular complexity index is 955. The van der Waals surface area contributed by atoms with Crippen molar-refractivity contribution in [2.75, 3.05) is 11.9 Å². The summed E-state index contributed by atoms with van der Waals surface area (Å²) in [5.74, 6) is -0.744. The monoisotopic (exact) mass is 426 g/mol. The number of carbonyl (C=O) groups excluding carboxylic acids is 3. The molecule has 0 radical (unpaired) electrons. The molecular weight excluding hydrogens is 400 g/mol. The van der Waals surface area contributed by atoms with Crippen molar-refractivity contribution >= 4 is 40.3 Å². The minimum absolute atomic E-state index is 0.172. The molecule has 158 valence electrons. The maximum absolute atomic E-state index is 13.5. The van der Waals surface area contributed by atoms with E-state index in [9.17, 15) is 14.4 Å². The molecule has 8 heteroatoms. The molecule has 1 aromatic carbocycles. The summed E-state index contributed by atoms with van der Waals surface area (Å²) in [4.78, 5) is 40.4. The van der Waals surface area contributed by atoms with Gasteiger partial charge in [0.25, 0.3) is 5.91 Å². The molecule has 3 rings (SSSR count). The van der Waals surface area contributed by atoms with Crippen molar-refractivity contribution in [2.45, 2.75) is 39.3 Å². The Morgan fingerprint density at radius 3 is 2.60 bits per heavy atom. The summed E-state index contributed by atoms with van der Waals surface area (Å²) in [5.41, 5.74) is 1.44. The summed E-state index contributed by atoms with van der Waals surface area (Å²) in [6, 6.07) is 9.40. The zero-order valence-electron chi connectivity index (χ0n) is 17.5. The zero-order valence-corrected chi connectivity index (χ0v) is 18.3. The van der Waals surface area contributed by atoms with E-state index in [1.165, 1.54) is 28.2 Å². The van der Waals surface area contributed by atoms with Gasteiger partial charge in [-0.3, -0.25) is 19.3 Å². The number of thiophene rings is 1. The molecular formula is C22H26N4O3S. The van der Waals surface area contributed by atoms with Crippen molar-refractivity contribution in [3.63, 3.8) is 0 Å². The van der Waals surface area contributed by atoms with E-state index in [1.54, 1.807) is 13.3 Å². The van der Waals surface area contributed by atoms with Crippen molar-refractivity contribution in [3.8, 4) is 0 Å². The third kappa shape index (κ3) is 4.59. The van der Waals surface area contributed by atoms with Gasteiger partial charge in [0.1, 0.15) is 12.1 Å². The van der Waals surface area contributed by atoms with Crippen LogP contribution in [0.15, 0.2) is 46.9 Å². The van der Waals surface area contributed by atoms with Crippen LogP contribution in [0.2, 0.25) is 0 Å². The SMILES string of the molecule is CC(=O)N(c1cccs1)[C@@H](CC(C)C)C(=O)NC1C(=O)N(C)N=Cc2ccccc21. The van der Waals surface area contributed by atoms with E-state index in [1.807, 2.05) is 55.6 Å². The number of likely N-dealkylation sites (N-methyl/N-ethyl adjacent to an activating group) is 1. The van der Waals surface area contributed by atoms with E-state index >= 15 is 0 Å². The molecule has 3 amide bonds. The first kappa shape index (κ1) is 21.7.